The highest BCUT2D eigenvalue weighted by Gasteiger charge is 2.46. The Hall–Kier alpha value is -3.45. The third kappa shape index (κ3) is 14.2. The maximum atomic E-state index is 14.0. The number of rotatable bonds is 16. The van der Waals surface area contributed by atoms with Crippen molar-refractivity contribution in [1.29, 1.82) is 0 Å². The third-order valence-corrected chi connectivity index (χ3v) is 10.3. The molecular weight excluding hydrogens is 681 g/mol. The van der Waals surface area contributed by atoms with Gasteiger partial charge in [0.05, 0.1) is 24.7 Å². The maximum absolute atomic E-state index is 14.0. The largest absolute Gasteiger partial charge is 0.346 e. The van der Waals surface area contributed by atoms with Crippen LogP contribution in [0.4, 0.5) is 0 Å². The van der Waals surface area contributed by atoms with Gasteiger partial charge in [0.15, 0.2) is 0 Å². The van der Waals surface area contributed by atoms with Crippen LogP contribution in [0.2, 0.25) is 0 Å². The molecule has 1 saturated carbocycles. The van der Waals surface area contributed by atoms with E-state index in [0.717, 1.165) is 5.56 Å². The van der Waals surface area contributed by atoms with E-state index in [4.69, 9.17) is 0 Å². The van der Waals surface area contributed by atoms with Gasteiger partial charge in [0.25, 0.3) is 5.91 Å². The molecule has 5 N–H and O–H groups in total. The quantitative estimate of drug-likeness (QED) is 0.121. The summed E-state index contributed by atoms with van der Waals surface area (Å²) in [4.78, 5) is 80.7. The third-order valence-electron chi connectivity index (χ3n) is 9.71. The van der Waals surface area contributed by atoms with Crippen LogP contribution in [0.25, 0.3) is 0 Å². The molecule has 12 nitrogen and oxygen atoms in total. The summed E-state index contributed by atoms with van der Waals surface area (Å²) in [7, 11) is 0. The molecule has 2 fully saturated rings. The summed E-state index contributed by atoms with van der Waals surface area (Å²) in [5.41, 5.74) is 0.125. The van der Waals surface area contributed by atoms with E-state index in [-0.39, 0.29) is 24.8 Å². The van der Waals surface area contributed by atoms with Gasteiger partial charge in [-0.3, -0.25) is 33.5 Å². The summed E-state index contributed by atoms with van der Waals surface area (Å²) in [6, 6.07) is 5.42. The van der Waals surface area contributed by atoms with Crippen molar-refractivity contribution in [2.45, 2.75) is 143 Å². The highest BCUT2D eigenvalue weighted by atomic mass is 32.2. The Morgan fingerprint density at radius 1 is 0.885 bits per heavy atom. The highest BCUT2D eigenvalue weighted by molar-refractivity contribution is 7.96. The van der Waals surface area contributed by atoms with Crippen LogP contribution in [-0.4, -0.2) is 83.7 Å². The minimum absolute atomic E-state index is 0.172. The zero-order valence-corrected chi connectivity index (χ0v) is 33.5. The summed E-state index contributed by atoms with van der Waals surface area (Å²) in [5.74, 6) is -3.52. The number of nitrogens with zero attached hydrogens (tertiary/aromatic N) is 1. The van der Waals surface area contributed by atoms with Crippen LogP contribution in [0.5, 0.6) is 0 Å². The lowest BCUT2D eigenvalue weighted by Gasteiger charge is -2.36. The predicted molar refractivity (Wildman–Crippen MR) is 207 cm³/mol. The Balaban J connectivity index is 0.00000141. The number of likely N-dealkylation sites (tertiary alicyclic amines) is 1. The molecule has 1 aliphatic carbocycles. The first kappa shape index (κ1) is 44.7. The molecule has 6 atom stereocenters. The van der Waals surface area contributed by atoms with Crippen LogP contribution >= 0.6 is 11.9 Å². The van der Waals surface area contributed by atoms with Crippen LogP contribution in [-0.2, 0) is 28.8 Å². The van der Waals surface area contributed by atoms with Crippen molar-refractivity contribution >= 4 is 47.3 Å². The lowest BCUT2D eigenvalue weighted by atomic mass is 9.85. The molecule has 0 bridgehead atoms. The molecule has 1 aromatic carbocycles. The fourth-order valence-electron chi connectivity index (χ4n) is 6.59. The van der Waals surface area contributed by atoms with Crippen LogP contribution in [0, 0.1) is 11.3 Å². The molecule has 1 saturated heterocycles. The second-order valence-electron chi connectivity index (χ2n) is 15.0. The average Bonchev–Trinajstić information content (AvgIpc) is 3.57. The Morgan fingerprint density at radius 2 is 1.48 bits per heavy atom. The van der Waals surface area contributed by atoms with Gasteiger partial charge in [0.2, 0.25) is 29.4 Å². The lowest BCUT2D eigenvalue weighted by Crippen LogP contribution is -2.60. The smallest absolute Gasteiger partial charge is 0.290 e. The van der Waals surface area contributed by atoms with Gasteiger partial charge in [-0.2, -0.15) is 0 Å². The molecule has 2 aliphatic rings. The van der Waals surface area contributed by atoms with E-state index < -0.39 is 65.0 Å². The number of hydrogen-bond acceptors (Lipinski definition) is 8. The first-order valence-corrected chi connectivity index (χ1v) is 20.2. The second-order valence-corrected chi connectivity index (χ2v) is 15.6. The fraction of sp³-hybridized carbons (Fsp3) is 0.692. The van der Waals surface area contributed by atoms with Gasteiger partial charge in [-0.05, 0) is 49.8 Å². The van der Waals surface area contributed by atoms with Gasteiger partial charge >= 0.3 is 0 Å². The molecule has 292 valence electrons. The number of carbonyl (C=O) groups excluding carboxylic acids is 6. The fourth-order valence-corrected chi connectivity index (χ4v) is 7.05. The summed E-state index contributed by atoms with van der Waals surface area (Å²) in [6.45, 7) is 12.7. The summed E-state index contributed by atoms with van der Waals surface area (Å²) in [6.07, 6.45) is 12.8. The van der Waals surface area contributed by atoms with Gasteiger partial charge in [-0.15, -0.1) is 0 Å². The van der Waals surface area contributed by atoms with E-state index in [0.29, 0.717) is 25.8 Å². The van der Waals surface area contributed by atoms with Crippen molar-refractivity contribution in [1.82, 2.24) is 30.9 Å². The van der Waals surface area contributed by atoms with Crippen LogP contribution < -0.4 is 26.0 Å². The Bertz CT molecular complexity index is 1310. The molecule has 4 unspecified atom stereocenters. The van der Waals surface area contributed by atoms with Crippen LogP contribution in [0.1, 0.15) is 124 Å². The molecule has 13 heteroatoms. The van der Waals surface area contributed by atoms with Crippen molar-refractivity contribution < 1.29 is 28.8 Å². The number of carbonyl (C=O) groups is 6. The van der Waals surface area contributed by atoms with E-state index in [1.165, 1.54) is 55.4 Å². The first-order valence-electron chi connectivity index (χ1n) is 19.0. The lowest BCUT2D eigenvalue weighted by molar-refractivity contribution is -0.146. The molecule has 0 radical (unpaired) electrons. The summed E-state index contributed by atoms with van der Waals surface area (Å²) < 4.78 is 2.89. The predicted octanol–water partition coefficient (Wildman–Crippen LogP) is 4.59. The minimum atomic E-state index is -1.06. The number of hydrogen-bond donors (Lipinski definition) is 5. The number of amides is 5. The van der Waals surface area contributed by atoms with E-state index in [2.05, 4.69) is 26.0 Å². The standard InChI is InChI=1S/C33H52N6O6S.C6H12/c1-9-14-24(27(41)31(44)35-20(3)23-15-12-11-13-16-23)36-30(43)26-22(10-2)17-18-39(26)32(45)28(33(5,6)7)37-25(40)19-34-29(42)21(4)38-46-8;1-2-4-6-5-3-1/h11-13,15-16,20-22,24,26,28,38H,9-10,14,17-19H2,1-8H3,(H,34,42)(H,35,44)(H,36,43)(H,37,40);1-6H2/t20?,21-,22+,24?,26?,28?;/m1./s1. The van der Waals surface area contributed by atoms with Crippen LogP contribution in [0.3, 0.4) is 0 Å². The topological polar surface area (TPSA) is 166 Å². The summed E-state index contributed by atoms with van der Waals surface area (Å²) >= 11 is 1.29. The van der Waals surface area contributed by atoms with Crippen molar-refractivity contribution in [2.24, 2.45) is 11.3 Å². The zero-order valence-electron chi connectivity index (χ0n) is 32.6. The molecule has 5 amide bonds. The van der Waals surface area contributed by atoms with Crippen molar-refractivity contribution in [3.63, 3.8) is 0 Å². The van der Waals surface area contributed by atoms with Gasteiger partial charge in [-0.1, -0.05) is 128 Å². The molecule has 0 aromatic heterocycles. The van der Waals surface area contributed by atoms with Gasteiger partial charge in [0.1, 0.15) is 12.1 Å². The molecule has 1 aromatic rings. The highest BCUT2D eigenvalue weighted by Crippen LogP contribution is 2.31. The van der Waals surface area contributed by atoms with Crippen molar-refractivity contribution in [3.8, 4) is 0 Å². The van der Waals surface area contributed by atoms with E-state index in [1.807, 2.05) is 65.0 Å². The van der Waals surface area contributed by atoms with Crippen molar-refractivity contribution in [3.05, 3.63) is 35.9 Å². The number of benzene rings is 1. The molecule has 1 heterocycles. The van der Waals surface area contributed by atoms with E-state index >= 15 is 0 Å². The molecule has 1 aliphatic heterocycles. The minimum Gasteiger partial charge on any atom is -0.346 e. The average molecular weight is 745 g/mol. The number of ketones is 1. The number of Topliss-reactive ketones (excluding diaryl/α,β-unsaturated/α-hetero) is 1. The molecule has 52 heavy (non-hydrogen) atoms. The van der Waals surface area contributed by atoms with E-state index in [9.17, 15) is 28.8 Å². The van der Waals surface area contributed by atoms with Gasteiger partial charge in [-0.25, -0.2) is 0 Å². The summed E-state index contributed by atoms with van der Waals surface area (Å²) in [5, 5.41) is 10.9. The maximum Gasteiger partial charge on any atom is 0.290 e. The zero-order chi connectivity index (χ0) is 38.8. The second kappa shape index (κ2) is 22.6. The van der Waals surface area contributed by atoms with E-state index in [1.54, 1.807) is 20.1 Å². The van der Waals surface area contributed by atoms with Crippen molar-refractivity contribution in [2.75, 3.05) is 19.3 Å². The Morgan fingerprint density at radius 3 is 2.00 bits per heavy atom. The first-order chi connectivity index (χ1) is 24.7. The number of nitrogens with one attached hydrogen (secondary N) is 5. The van der Waals surface area contributed by atoms with Gasteiger partial charge in [0, 0.05) is 6.54 Å². The Labute approximate surface area is 315 Å². The molecule has 3 rings (SSSR count). The van der Waals surface area contributed by atoms with Gasteiger partial charge < -0.3 is 26.2 Å². The molecule has 0 spiro atoms. The monoisotopic (exact) mass is 744 g/mol. The van der Waals surface area contributed by atoms with Crippen LogP contribution in [0.15, 0.2) is 30.3 Å². The molecular formula is C39H64N6O6S. The SMILES string of the molecule is C1CCCCC1.CCCC(NC(=O)C1[C@@H](CC)CCN1C(=O)C(NC(=O)CNC(=O)[C@@H](C)NSC)C(C)(C)C)C(=O)C(=O)NC(C)c1ccccc1. The Kier molecular flexibility index (Phi) is 19.4. The normalized spacial score (nSPS) is 19.5.